The van der Waals surface area contributed by atoms with Crippen LogP contribution < -0.4 is 10.6 Å². The fourth-order valence-electron chi connectivity index (χ4n) is 3.76. The molecular weight excluding hydrogens is 362 g/mol. The summed E-state index contributed by atoms with van der Waals surface area (Å²) in [6.07, 6.45) is 1.30. The molecular formula is C20H25N3O5. The molecule has 3 amide bonds. The predicted octanol–water partition coefficient (Wildman–Crippen LogP) is 0.940. The monoisotopic (exact) mass is 387 g/mol. The molecule has 28 heavy (non-hydrogen) atoms. The number of benzene rings is 1. The van der Waals surface area contributed by atoms with Crippen LogP contribution in [0.5, 0.6) is 0 Å². The van der Waals surface area contributed by atoms with E-state index in [1.54, 1.807) is 41.0 Å². The highest BCUT2D eigenvalue weighted by molar-refractivity contribution is 6.00. The van der Waals surface area contributed by atoms with Gasteiger partial charge in [-0.15, -0.1) is 0 Å². The number of esters is 1. The summed E-state index contributed by atoms with van der Waals surface area (Å²) in [6.45, 7) is 3.33. The molecule has 0 spiro atoms. The summed E-state index contributed by atoms with van der Waals surface area (Å²) >= 11 is 0. The first kappa shape index (κ1) is 19.9. The van der Waals surface area contributed by atoms with Crippen molar-refractivity contribution in [2.24, 2.45) is 17.6 Å². The van der Waals surface area contributed by atoms with Crippen LogP contribution >= 0.6 is 0 Å². The summed E-state index contributed by atoms with van der Waals surface area (Å²) in [7, 11) is 0. The molecule has 0 aliphatic carbocycles. The number of ether oxygens (including phenoxy) is 1. The van der Waals surface area contributed by atoms with Gasteiger partial charge < -0.3 is 20.3 Å². The number of piperidine rings is 1. The molecule has 0 radical (unpaired) electrons. The summed E-state index contributed by atoms with van der Waals surface area (Å²) in [4.78, 5) is 51.5. The number of anilines is 1. The Morgan fingerprint density at radius 1 is 1.11 bits per heavy atom. The number of nitrogens with two attached hydrogens (primary N) is 1. The average molecular weight is 387 g/mol. The lowest BCUT2D eigenvalue weighted by atomic mass is 9.95. The molecule has 2 aliphatic heterocycles. The van der Waals surface area contributed by atoms with Crippen molar-refractivity contribution in [2.75, 3.05) is 31.1 Å². The van der Waals surface area contributed by atoms with Gasteiger partial charge in [-0.1, -0.05) is 0 Å². The average Bonchev–Trinajstić information content (AvgIpc) is 3.09. The molecule has 8 nitrogen and oxygen atoms in total. The number of carbonyl (C=O) groups is 4. The van der Waals surface area contributed by atoms with Crippen molar-refractivity contribution in [1.82, 2.24) is 4.90 Å². The van der Waals surface area contributed by atoms with E-state index in [2.05, 4.69) is 0 Å². The van der Waals surface area contributed by atoms with Crippen molar-refractivity contribution in [3.05, 3.63) is 29.8 Å². The Hall–Kier alpha value is -2.90. The van der Waals surface area contributed by atoms with Gasteiger partial charge in [0.05, 0.1) is 18.1 Å². The third-order valence-electron chi connectivity index (χ3n) is 5.37. The Bertz CT molecular complexity index is 769. The van der Waals surface area contributed by atoms with Crippen LogP contribution in [0.2, 0.25) is 0 Å². The van der Waals surface area contributed by atoms with Crippen LogP contribution in [0, 0.1) is 11.8 Å². The number of nitrogens with zero attached hydrogens (tertiary/aromatic N) is 2. The topological polar surface area (TPSA) is 110 Å². The van der Waals surface area contributed by atoms with Gasteiger partial charge in [-0.05, 0) is 44.0 Å². The van der Waals surface area contributed by atoms with Crippen LogP contribution in [-0.4, -0.2) is 54.8 Å². The molecule has 2 N–H and O–H groups in total. The van der Waals surface area contributed by atoms with Crippen LogP contribution in [0.15, 0.2) is 24.3 Å². The molecule has 0 unspecified atom stereocenters. The van der Waals surface area contributed by atoms with E-state index in [1.807, 2.05) is 0 Å². The molecule has 1 atom stereocenters. The first-order valence-corrected chi connectivity index (χ1v) is 9.56. The number of carbonyl (C=O) groups excluding carboxylic acids is 4. The van der Waals surface area contributed by atoms with E-state index in [9.17, 15) is 19.2 Å². The summed E-state index contributed by atoms with van der Waals surface area (Å²) in [5, 5.41) is 0. The Labute approximate surface area is 163 Å². The lowest BCUT2D eigenvalue weighted by Crippen LogP contribution is -2.44. The first-order chi connectivity index (χ1) is 13.4. The molecule has 2 aliphatic rings. The molecule has 1 aromatic rings. The second-order valence-electron chi connectivity index (χ2n) is 7.17. The molecule has 2 heterocycles. The van der Waals surface area contributed by atoms with Crippen molar-refractivity contribution in [1.29, 1.82) is 0 Å². The van der Waals surface area contributed by atoms with Crippen LogP contribution in [-0.2, 0) is 19.1 Å². The van der Waals surface area contributed by atoms with Crippen molar-refractivity contribution >= 4 is 29.4 Å². The third kappa shape index (κ3) is 4.16. The molecule has 0 saturated carbocycles. The largest absolute Gasteiger partial charge is 0.462 e. The normalized spacial score (nSPS) is 20.3. The third-order valence-corrected chi connectivity index (χ3v) is 5.37. The van der Waals surface area contributed by atoms with Crippen LogP contribution in [0.4, 0.5) is 5.69 Å². The lowest BCUT2D eigenvalue weighted by Gasteiger charge is -2.32. The summed E-state index contributed by atoms with van der Waals surface area (Å²) in [5.41, 5.74) is 6.41. The van der Waals surface area contributed by atoms with E-state index in [0.717, 1.165) is 0 Å². The zero-order chi connectivity index (χ0) is 20.3. The highest BCUT2D eigenvalue weighted by atomic mass is 16.5. The van der Waals surface area contributed by atoms with Gasteiger partial charge in [0.15, 0.2) is 0 Å². The van der Waals surface area contributed by atoms with Crippen molar-refractivity contribution in [2.45, 2.75) is 26.2 Å². The zero-order valence-electron chi connectivity index (χ0n) is 15.9. The van der Waals surface area contributed by atoms with Gasteiger partial charge in [0.2, 0.25) is 17.7 Å². The minimum absolute atomic E-state index is 0.0538. The summed E-state index contributed by atoms with van der Waals surface area (Å²) in [5.74, 6) is -1.47. The first-order valence-electron chi connectivity index (χ1n) is 9.56. The molecule has 3 rings (SSSR count). The van der Waals surface area contributed by atoms with Gasteiger partial charge in [-0.2, -0.15) is 0 Å². The fourth-order valence-corrected chi connectivity index (χ4v) is 3.76. The Morgan fingerprint density at radius 3 is 2.32 bits per heavy atom. The predicted molar refractivity (Wildman–Crippen MR) is 101 cm³/mol. The van der Waals surface area contributed by atoms with Crippen LogP contribution in [0.3, 0.4) is 0 Å². The molecule has 0 aromatic heterocycles. The smallest absolute Gasteiger partial charge is 0.338 e. The maximum atomic E-state index is 12.8. The van der Waals surface area contributed by atoms with E-state index in [0.29, 0.717) is 50.3 Å². The van der Waals surface area contributed by atoms with Crippen LogP contribution in [0.25, 0.3) is 0 Å². The Morgan fingerprint density at radius 2 is 1.75 bits per heavy atom. The van der Waals surface area contributed by atoms with Gasteiger partial charge >= 0.3 is 5.97 Å². The Balaban J connectivity index is 1.61. The zero-order valence-corrected chi connectivity index (χ0v) is 15.9. The molecule has 150 valence electrons. The SMILES string of the molecule is CCOC(=O)c1ccc(N2C[C@H](C(=O)N3CCC(C(N)=O)CC3)CC2=O)cc1. The van der Waals surface area contributed by atoms with Crippen molar-refractivity contribution in [3.8, 4) is 0 Å². The molecule has 2 fully saturated rings. The maximum Gasteiger partial charge on any atom is 0.338 e. The summed E-state index contributed by atoms with van der Waals surface area (Å²) < 4.78 is 4.95. The van der Waals surface area contributed by atoms with E-state index >= 15 is 0 Å². The minimum Gasteiger partial charge on any atom is -0.462 e. The molecule has 0 bridgehead atoms. The number of primary amides is 1. The van der Waals surface area contributed by atoms with E-state index in [4.69, 9.17) is 10.5 Å². The van der Waals surface area contributed by atoms with Crippen LogP contribution in [0.1, 0.15) is 36.5 Å². The van der Waals surface area contributed by atoms with Crippen molar-refractivity contribution < 1.29 is 23.9 Å². The highest BCUT2D eigenvalue weighted by Gasteiger charge is 2.38. The maximum absolute atomic E-state index is 12.8. The van der Waals surface area contributed by atoms with Gasteiger partial charge in [-0.25, -0.2) is 4.79 Å². The number of amides is 3. The van der Waals surface area contributed by atoms with Gasteiger partial charge in [0.1, 0.15) is 0 Å². The fraction of sp³-hybridized carbons (Fsp3) is 0.500. The quantitative estimate of drug-likeness (QED) is 0.756. The molecule has 2 saturated heterocycles. The molecule has 8 heteroatoms. The van der Waals surface area contributed by atoms with Gasteiger partial charge in [0.25, 0.3) is 0 Å². The number of hydrogen-bond donors (Lipinski definition) is 1. The number of likely N-dealkylation sites (tertiary alicyclic amines) is 1. The van der Waals surface area contributed by atoms with E-state index in [-0.39, 0.29) is 30.1 Å². The van der Waals surface area contributed by atoms with E-state index in [1.165, 1.54) is 0 Å². The molecule has 1 aromatic carbocycles. The number of hydrogen-bond acceptors (Lipinski definition) is 5. The summed E-state index contributed by atoms with van der Waals surface area (Å²) in [6, 6.07) is 6.61. The standard InChI is InChI=1S/C20H25N3O5/c1-2-28-20(27)14-3-5-16(6-4-14)23-12-15(11-17(23)24)19(26)22-9-7-13(8-10-22)18(21)25/h3-6,13,15H,2,7-12H2,1H3,(H2,21,25)/t15-/m1/s1. The lowest BCUT2D eigenvalue weighted by molar-refractivity contribution is -0.138. The second kappa shape index (κ2) is 8.41. The van der Waals surface area contributed by atoms with Gasteiger partial charge in [-0.3, -0.25) is 14.4 Å². The second-order valence-corrected chi connectivity index (χ2v) is 7.17. The minimum atomic E-state index is -0.408. The van der Waals surface area contributed by atoms with E-state index < -0.39 is 11.9 Å². The van der Waals surface area contributed by atoms with Gasteiger partial charge in [0, 0.05) is 37.7 Å². The Kier molecular flexibility index (Phi) is 5.96. The number of rotatable bonds is 5. The highest BCUT2D eigenvalue weighted by Crippen LogP contribution is 2.28. The van der Waals surface area contributed by atoms with Crippen molar-refractivity contribution in [3.63, 3.8) is 0 Å².